The molecule has 2 heterocycles. The molecule has 0 atom stereocenters. The molecular weight excluding hydrogens is 242 g/mol. The summed E-state index contributed by atoms with van der Waals surface area (Å²) in [6, 6.07) is 3.93. The summed E-state index contributed by atoms with van der Waals surface area (Å²) in [4.78, 5) is 10.5. The standard InChI is InChI=1S/C14H19N3O2/c1-11-12(2)19-14(16-11)10-17(6-7-18)9-13-4-3-5-15-8-13/h3-5,8,18H,6-7,9-10H2,1-2H3. The van der Waals surface area contributed by atoms with Gasteiger partial charge in [0.05, 0.1) is 18.8 Å². The lowest BCUT2D eigenvalue weighted by molar-refractivity contribution is 0.172. The van der Waals surface area contributed by atoms with Crippen molar-refractivity contribution in [3.8, 4) is 0 Å². The third-order valence-electron chi connectivity index (χ3n) is 2.98. The van der Waals surface area contributed by atoms with Crippen LogP contribution < -0.4 is 0 Å². The van der Waals surface area contributed by atoms with Gasteiger partial charge < -0.3 is 9.52 Å². The zero-order chi connectivity index (χ0) is 13.7. The molecule has 2 aromatic heterocycles. The van der Waals surface area contributed by atoms with Gasteiger partial charge in [0.2, 0.25) is 5.89 Å². The van der Waals surface area contributed by atoms with Crippen molar-refractivity contribution in [2.75, 3.05) is 13.2 Å². The Morgan fingerprint density at radius 2 is 2.16 bits per heavy atom. The van der Waals surface area contributed by atoms with Crippen molar-refractivity contribution in [3.05, 3.63) is 47.4 Å². The van der Waals surface area contributed by atoms with Crippen LogP contribution in [0.4, 0.5) is 0 Å². The number of aliphatic hydroxyl groups excluding tert-OH is 1. The van der Waals surface area contributed by atoms with Crippen molar-refractivity contribution in [2.24, 2.45) is 0 Å². The highest BCUT2D eigenvalue weighted by atomic mass is 16.4. The summed E-state index contributed by atoms with van der Waals surface area (Å²) in [6.07, 6.45) is 3.58. The van der Waals surface area contributed by atoms with E-state index in [9.17, 15) is 0 Å². The maximum atomic E-state index is 9.14. The summed E-state index contributed by atoms with van der Waals surface area (Å²) in [5.74, 6) is 1.53. The van der Waals surface area contributed by atoms with E-state index in [-0.39, 0.29) is 6.61 Å². The van der Waals surface area contributed by atoms with Gasteiger partial charge in [-0.05, 0) is 25.5 Å². The molecule has 0 aliphatic carbocycles. The first-order valence-corrected chi connectivity index (χ1v) is 6.34. The summed E-state index contributed by atoms with van der Waals surface area (Å²) in [5.41, 5.74) is 2.02. The smallest absolute Gasteiger partial charge is 0.208 e. The van der Waals surface area contributed by atoms with E-state index >= 15 is 0 Å². The van der Waals surface area contributed by atoms with E-state index in [1.165, 1.54) is 0 Å². The zero-order valence-corrected chi connectivity index (χ0v) is 11.3. The lowest BCUT2D eigenvalue weighted by Crippen LogP contribution is -2.26. The van der Waals surface area contributed by atoms with Crippen LogP contribution in [-0.2, 0) is 13.1 Å². The molecule has 5 nitrogen and oxygen atoms in total. The van der Waals surface area contributed by atoms with E-state index in [4.69, 9.17) is 9.52 Å². The molecular formula is C14H19N3O2. The molecule has 0 saturated heterocycles. The largest absolute Gasteiger partial charge is 0.444 e. The van der Waals surface area contributed by atoms with Crippen LogP contribution in [-0.4, -0.2) is 33.1 Å². The Bertz CT molecular complexity index is 491. The molecule has 0 aromatic carbocycles. The first-order chi connectivity index (χ1) is 9.19. The van der Waals surface area contributed by atoms with Gasteiger partial charge in [0.1, 0.15) is 5.76 Å². The van der Waals surface area contributed by atoms with Crippen LogP contribution in [0.1, 0.15) is 22.9 Å². The van der Waals surface area contributed by atoms with E-state index in [2.05, 4.69) is 14.9 Å². The maximum Gasteiger partial charge on any atom is 0.208 e. The van der Waals surface area contributed by atoms with E-state index < -0.39 is 0 Å². The van der Waals surface area contributed by atoms with Crippen LogP contribution in [0, 0.1) is 13.8 Å². The van der Waals surface area contributed by atoms with Gasteiger partial charge in [-0.3, -0.25) is 9.88 Å². The van der Waals surface area contributed by atoms with Gasteiger partial charge in [0, 0.05) is 25.5 Å². The number of aromatic nitrogens is 2. The Kier molecular flexibility index (Phi) is 4.65. The molecule has 0 unspecified atom stereocenters. The lowest BCUT2D eigenvalue weighted by Gasteiger charge is -2.19. The minimum Gasteiger partial charge on any atom is -0.444 e. The number of aliphatic hydroxyl groups is 1. The van der Waals surface area contributed by atoms with Crippen molar-refractivity contribution in [2.45, 2.75) is 26.9 Å². The number of nitrogens with zero attached hydrogens (tertiary/aromatic N) is 3. The van der Waals surface area contributed by atoms with Crippen LogP contribution in [0.25, 0.3) is 0 Å². The predicted molar refractivity (Wildman–Crippen MR) is 71.4 cm³/mol. The SMILES string of the molecule is Cc1nc(CN(CCO)Cc2cccnc2)oc1C. The molecule has 0 saturated carbocycles. The highest BCUT2D eigenvalue weighted by Gasteiger charge is 2.12. The molecule has 0 aliphatic heterocycles. The van der Waals surface area contributed by atoms with Gasteiger partial charge in [-0.15, -0.1) is 0 Å². The van der Waals surface area contributed by atoms with Gasteiger partial charge in [0.15, 0.2) is 0 Å². The second-order valence-corrected chi connectivity index (χ2v) is 4.54. The fraction of sp³-hybridized carbons (Fsp3) is 0.429. The Morgan fingerprint density at radius 1 is 1.32 bits per heavy atom. The minimum atomic E-state index is 0.110. The molecule has 0 aliphatic rings. The summed E-state index contributed by atoms with van der Waals surface area (Å²) < 4.78 is 5.58. The lowest BCUT2D eigenvalue weighted by atomic mass is 10.2. The fourth-order valence-electron chi connectivity index (χ4n) is 1.90. The predicted octanol–water partition coefficient (Wildman–Crippen LogP) is 1.68. The van der Waals surface area contributed by atoms with E-state index in [1.54, 1.807) is 6.20 Å². The molecule has 2 rings (SSSR count). The van der Waals surface area contributed by atoms with E-state index in [0.29, 0.717) is 19.0 Å². The topological polar surface area (TPSA) is 62.4 Å². The maximum absolute atomic E-state index is 9.14. The first-order valence-electron chi connectivity index (χ1n) is 6.34. The molecule has 0 fully saturated rings. The number of hydrogen-bond donors (Lipinski definition) is 1. The minimum absolute atomic E-state index is 0.110. The van der Waals surface area contributed by atoms with Crippen molar-refractivity contribution in [3.63, 3.8) is 0 Å². The Labute approximate surface area is 112 Å². The summed E-state index contributed by atoms with van der Waals surface area (Å²) >= 11 is 0. The van der Waals surface area contributed by atoms with Gasteiger partial charge in [-0.1, -0.05) is 6.07 Å². The molecule has 1 N–H and O–H groups in total. The summed E-state index contributed by atoms with van der Waals surface area (Å²) in [7, 11) is 0. The third kappa shape index (κ3) is 3.87. The Morgan fingerprint density at radius 3 is 2.74 bits per heavy atom. The average molecular weight is 261 g/mol. The molecule has 0 bridgehead atoms. The van der Waals surface area contributed by atoms with Gasteiger partial charge >= 0.3 is 0 Å². The molecule has 0 amide bonds. The molecule has 5 heteroatoms. The van der Waals surface area contributed by atoms with Crippen LogP contribution in [0.3, 0.4) is 0 Å². The molecule has 0 spiro atoms. The van der Waals surface area contributed by atoms with Crippen molar-refractivity contribution in [1.82, 2.24) is 14.9 Å². The average Bonchev–Trinajstić information content (AvgIpc) is 2.70. The monoisotopic (exact) mass is 261 g/mol. The van der Waals surface area contributed by atoms with Crippen LogP contribution in [0.2, 0.25) is 0 Å². The Balaban J connectivity index is 2.03. The second-order valence-electron chi connectivity index (χ2n) is 4.54. The number of hydrogen-bond acceptors (Lipinski definition) is 5. The number of oxazole rings is 1. The van der Waals surface area contributed by atoms with Crippen LogP contribution in [0.5, 0.6) is 0 Å². The quantitative estimate of drug-likeness (QED) is 0.857. The van der Waals surface area contributed by atoms with Crippen molar-refractivity contribution < 1.29 is 9.52 Å². The van der Waals surface area contributed by atoms with E-state index in [0.717, 1.165) is 23.6 Å². The normalized spacial score (nSPS) is 11.2. The number of rotatable bonds is 6. The first kappa shape index (κ1) is 13.7. The summed E-state index contributed by atoms with van der Waals surface area (Å²) in [5, 5.41) is 9.14. The Hall–Kier alpha value is -1.72. The molecule has 0 radical (unpaired) electrons. The highest BCUT2D eigenvalue weighted by Crippen LogP contribution is 2.12. The van der Waals surface area contributed by atoms with Crippen molar-refractivity contribution in [1.29, 1.82) is 0 Å². The summed E-state index contributed by atoms with van der Waals surface area (Å²) in [6.45, 7) is 5.83. The van der Waals surface area contributed by atoms with Gasteiger partial charge in [-0.2, -0.15) is 0 Å². The van der Waals surface area contributed by atoms with Crippen molar-refractivity contribution >= 4 is 0 Å². The molecule has 102 valence electrons. The number of aryl methyl sites for hydroxylation is 2. The number of pyridine rings is 1. The van der Waals surface area contributed by atoms with Gasteiger partial charge in [0.25, 0.3) is 0 Å². The molecule has 2 aromatic rings. The van der Waals surface area contributed by atoms with E-state index in [1.807, 2.05) is 32.2 Å². The fourth-order valence-corrected chi connectivity index (χ4v) is 1.90. The third-order valence-corrected chi connectivity index (χ3v) is 2.98. The zero-order valence-electron chi connectivity index (χ0n) is 11.3. The van der Waals surface area contributed by atoms with Gasteiger partial charge in [-0.25, -0.2) is 4.98 Å². The van der Waals surface area contributed by atoms with Crippen LogP contribution >= 0.6 is 0 Å². The molecule has 19 heavy (non-hydrogen) atoms. The second kappa shape index (κ2) is 6.45. The van der Waals surface area contributed by atoms with Crippen LogP contribution in [0.15, 0.2) is 28.9 Å². The highest BCUT2D eigenvalue weighted by molar-refractivity contribution is 5.09.